The first-order valence-electron chi connectivity index (χ1n) is 10.4. The fourth-order valence-electron chi connectivity index (χ4n) is 3.64. The van der Waals surface area contributed by atoms with Crippen molar-refractivity contribution in [2.45, 2.75) is 71.4 Å². The Morgan fingerprint density at radius 2 is 1.77 bits per heavy atom. The maximum atomic E-state index is 13.1. The SMILES string of the molecule is C[C@H](OC(=O)c1c2c(nc3ccccc13)CCCCC2)C(=O)NC(=O)NC(C)(C)C. The fraction of sp³-hybridized carbons (Fsp3) is 0.478. The molecule has 0 radical (unpaired) electrons. The number of carbonyl (C=O) groups is 3. The summed E-state index contributed by atoms with van der Waals surface area (Å²) in [5, 5.41) is 5.59. The summed E-state index contributed by atoms with van der Waals surface area (Å²) in [4.78, 5) is 42.2. The molecule has 2 aromatic rings. The van der Waals surface area contributed by atoms with E-state index in [9.17, 15) is 14.4 Å². The molecule has 1 aromatic heterocycles. The zero-order valence-electron chi connectivity index (χ0n) is 18.0. The number of amides is 3. The normalized spacial score (nSPS) is 14.9. The number of rotatable bonds is 3. The molecule has 0 saturated heterocycles. The second-order valence-electron chi connectivity index (χ2n) is 8.73. The number of esters is 1. The van der Waals surface area contributed by atoms with Crippen LogP contribution in [0.5, 0.6) is 0 Å². The maximum absolute atomic E-state index is 13.1. The number of hydrogen-bond donors (Lipinski definition) is 2. The first kappa shape index (κ1) is 21.7. The van der Waals surface area contributed by atoms with E-state index in [0.29, 0.717) is 5.56 Å². The minimum atomic E-state index is -1.11. The second-order valence-corrected chi connectivity index (χ2v) is 8.73. The Kier molecular flexibility index (Phi) is 6.39. The van der Waals surface area contributed by atoms with Crippen LogP contribution in [0.3, 0.4) is 0 Å². The first-order chi connectivity index (χ1) is 14.2. The van der Waals surface area contributed by atoms with Crippen LogP contribution in [0.15, 0.2) is 24.3 Å². The van der Waals surface area contributed by atoms with Gasteiger partial charge in [0.1, 0.15) is 0 Å². The molecule has 3 amide bonds. The van der Waals surface area contributed by atoms with Crippen LogP contribution >= 0.6 is 0 Å². The molecule has 1 aliphatic rings. The third-order valence-corrected chi connectivity index (χ3v) is 5.00. The molecule has 2 N–H and O–H groups in total. The van der Waals surface area contributed by atoms with Gasteiger partial charge < -0.3 is 10.1 Å². The van der Waals surface area contributed by atoms with E-state index >= 15 is 0 Å². The molecule has 7 nitrogen and oxygen atoms in total. The summed E-state index contributed by atoms with van der Waals surface area (Å²) in [5.74, 6) is -1.24. The van der Waals surface area contributed by atoms with Crippen molar-refractivity contribution in [3.8, 4) is 0 Å². The number of nitrogens with one attached hydrogen (secondary N) is 2. The van der Waals surface area contributed by atoms with Gasteiger partial charge in [0.2, 0.25) is 0 Å². The van der Waals surface area contributed by atoms with Crippen molar-refractivity contribution in [2.24, 2.45) is 0 Å². The zero-order valence-corrected chi connectivity index (χ0v) is 18.0. The molecule has 1 atom stereocenters. The van der Waals surface area contributed by atoms with Crippen LogP contribution in [0, 0.1) is 0 Å². The van der Waals surface area contributed by atoms with Crippen LogP contribution in [0.2, 0.25) is 0 Å². The van der Waals surface area contributed by atoms with Gasteiger partial charge in [-0.3, -0.25) is 15.1 Å². The predicted octanol–water partition coefficient (Wildman–Crippen LogP) is 3.67. The van der Waals surface area contributed by atoms with Crippen LogP contribution in [0.4, 0.5) is 4.79 Å². The Bertz CT molecular complexity index is 978. The van der Waals surface area contributed by atoms with Crippen molar-refractivity contribution >= 4 is 28.8 Å². The zero-order chi connectivity index (χ0) is 21.9. The van der Waals surface area contributed by atoms with Gasteiger partial charge in [-0.2, -0.15) is 0 Å². The number of hydrogen-bond acceptors (Lipinski definition) is 5. The molecule has 0 bridgehead atoms. The van der Waals surface area contributed by atoms with E-state index in [1.807, 2.05) is 24.3 Å². The van der Waals surface area contributed by atoms with Gasteiger partial charge in [0, 0.05) is 16.6 Å². The number of para-hydroxylation sites is 1. The van der Waals surface area contributed by atoms with Gasteiger partial charge in [0.15, 0.2) is 6.10 Å². The lowest BCUT2D eigenvalue weighted by atomic mass is 9.97. The van der Waals surface area contributed by atoms with Crippen molar-refractivity contribution in [2.75, 3.05) is 0 Å². The summed E-state index contributed by atoms with van der Waals surface area (Å²) < 4.78 is 5.49. The van der Waals surface area contributed by atoms with Crippen molar-refractivity contribution in [1.82, 2.24) is 15.6 Å². The number of urea groups is 1. The quantitative estimate of drug-likeness (QED) is 0.593. The molecular formula is C23H29N3O4. The topological polar surface area (TPSA) is 97.4 Å². The number of carbonyl (C=O) groups excluding carboxylic acids is 3. The lowest BCUT2D eigenvalue weighted by molar-refractivity contribution is -0.127. The number of pyridine rings is 1. The average molecular weight is 412 g/mol. The second kappa shape index (κ2) is 8.81. The minimum Gasteiger partial charge on any atom is -0.449 e. The molecule has 0 fully saturated rings. The Labute approximate surface area is 176 Å². The van der Waals surface area contributed by atoms with E-state index in [4.69, 9.17) is 9.72 Å². The highest BCUT2D eigenvalue weighted by molar-refractivity contribution is 6.06. The molecule has 1 aliphatic carbocycles. The Hall–Kier alpha value is -2.96. The number of aryl methyl sites for hydroxylation is 1. The highest BCUT2D eigenvalue weighted by Crippen LogP contribution is 2.29. The molecule has 160 valence electrons. The van der Waals surface area contributed by atoms with E-state index in [1.54, 1.807) is 20.8 Å². The van der Waals surface area contributed by atoms with Crippen LogP contribution in [0.25, 0.3) is 10.9 Å². The van der Waals surface area contributed by atoms with Gasteiger partial charge in [0.05, 0.1) is 11.1 Å². The molecule has 0 unspecified atom stereocenters. The summed E-state index contributed by atoms with van der Waals surface area (Å²) in [6.07, 6.45) is 3.57. The third-order valence-electron chi connectivity index (χ3n) is 5.00. The summed E-state index contributed by atoms with van der Waals surface area (Å²) in [6.45, 7) is 6.88. The van der Waals surface area contributed by atoms with Crippen LogP contribution in [0.1, 0.15) is 68.6 Å². The highest BCUT2D eigenvalue weighted by Gasteiger charge is 2.27. The molecule has 0 spiro atoms. The number of aromatic nitrogens is 1. The standard InChI is InChI=1S/C23H29N3O4/c1-14(20(27)25-22(29)26-23(2,3)4)30-21(28)19-15-10-6-5-7-12-17(15)24-18-13-9-8-11-16(18)19/h8-9,11,13-14H,5-7,10,12H2,1-4H3,(H2,25,26,27,29)/t14-/m0/s1. The average Bonchev–Trinajstić information content (AvgIpc) is 2.89. The van der Waals surface area contributed by atoms with E-state index in [1.165, 1.54) is 6.92 Å². The van der Waals surface area contributed by atoms with Crippen molar-refractivity contribution < 1.29 is 19.1 Å². The monoisotopic (exact) mass is 411 g/mol. The molecule has 1 heterocycles. The third kappa shape index (κ3) is 5.14. The molecule has 7 heteroatoms. The van der Waals surface area contributed by atoms with Gasteiger partial charge in [-0.1, -0.05) is 24.6 Å². The van der Waals surface area contributed by atoms with Gasteiger partial charge in [-0.05, 0) is 65.0 Å². The van der Waals surface area contributed by atoms with Gasteiger partial charge in [0.25, 0.3) is 5.91 Å². The number of imide groups is 1. The predicted molar refractivity (Wildman–Crippen MR) is 114 cm³/mol. The molecule has 3 rings (SSSR count). The number of benzene rings is 1. The highest BCUT2D eigenvalue weighted by atomic mass is 16.5. The summed E-state index contributed by atoms with van der Waals surface area (Å²) >= 11 is 0. The molecule has 30 heavy (non-hydrogen) atoms. The van der Waals surface area contributed by atoms with Gasteiger partial charge in [-0.25, -0.2) is 9.59 Å². The van der Waals surface area contributed by atoms with Gasteiger partial charge in [-0.15, -0.1) is 0 Å². The van der Waals surface area contributed by atoms with E-state index in [-0.39, 0.29) is 0 Å². The smallest absolute Gasteiger partial charge is 0.339 e. The van der Waals surface area contributed by atoms with Crippen LogP contribution in [-0.4, -0.2) is 34.5 Å². The van der Waals surface area contributed by atoms with E-state index < -0.39 is 29.6 Å². The number of nitrogens with zero attached hydrogens (tertiary/aromatic N) is 1. The van der Waals surface area contributed by atoms with Crippen LogP contribution < -0.4 is 10.6 Å². The Balaban J connectivity index is 1.83. The van der Waals surface area contributed by atoms with Crippen molar-refractivity contribution in [1.29, 1.82) is 0 Å². The summed E-state index contributed by atoms with van der Waals surface area (Å²) in [7, 11) is 0. The van der Waals surface area contributed by atoms with Gasteiger partial charge >= 0.3 is 12.0 Å². The molecule has 0 aliphatic heterocycles. The van der Waals surface area contributed by atoms with E-state index in [0.717, 1.165) is 54.3 Å². The molecular weight excluding hydrogens is 382 g/mol. The summed E-state index contributed by atoms with van der Waals surface area (Å²) in [6, 6.07) is 6.85. The first-order valence-corrected chi connectivity index (χ1v) is 10.4. The maximum Gasteiger partial charge on any atom is 0.339 e. The van der Waals surface area contributed by atoms with Crippen LogP contribution in [-0.2, 0) is 22.4 Å². The Morgan fingerprint density at radius 3 is 2.50 bits per heavy atom. The van der Waals surface area contributed by atoms with Crippen molar-refractivity contribution in [3.05, 3.63) is 41.1 Å². The van der Waals surface area contributed by atoms with E-state index in [2.05, 4.69) is 10.6 Å². The lowest BCUT2D eigenvalue weighted by Gasteiger charge is -2.21. The minimum absolute atomic E-state index is 0.483. The Morgan fingerprint density at radius 1 is 1.07 bits per heavy atom. The van der Waals surface area contributed by atoms with Crippen molar-refractivity contribution in [3.63, 3.8) is 0 Å². The lowest BCUT2D eigenvalue weighted by Crippen LogP contribution is -2.50. The molecule has 1 aromatic carbocycles. The number of ether oxygens (including phenoxy) is 1. The summed E-state index contributed by atoms with van der Waals surface area (Å²) in [5.41, 5.74) is 2.58. The number of fused-ring (bicyclic) bond motifs is 2. The molecule has 0 saturated carbocycles. The fourth-order valence-corrected chi connectivity index (χ4v) is 3.64. The largest absolute Gasteiger partial charge is 0.449 e.